The smallest absolute Gasteiger partial charge is 0.253 e. The van der Waals surface area contributed by atoms with Crippen molar-refractivity contribution in [3.63, 3.8) is 0 Å². The number of benzene rings is 1. The first-order valence-corrected chi connectivity index (χ1v) is 5.23. The van der Waals surface area contributed by atoms with Crippen molar-refractivity contribution in [1.29, 1.82) is 0 Å². The molecule has 1 aromatic carbocycles. The van der Waals surface area contributed by atoms with Crippen molar-refractivity contribution in [1.82, 2.24) is 5.32 Å². The van der Waals surface area contributed by atoms with Gasteiger partial charge in [-0.3, -0.25) is 4.79 Å². The Morgan fingerprint density at radius 3 is 2.67 bits per heavy atom. The molecule has 4 heteroatoms. The van der Waals surface area contributed by atoms with Crippen molar-refractivity contribution in [3.05, 3.63) is 34.9 Å². The van der Waals surface area contributed by atoms with Gasteiger partial charge in [0.25, 0.3) is 5.91 Å². The Labute approximate surface area is 93.1 Å². The van der Waals surface area contributed by atoms with Crippen molar-refractivity contribution in [2.75, 3.05) is 6.61 Å². The van der Waals surface area contributed by atoms with Crippen molar-refractivity contribution >= 4 is 17.5 Å². The number of carbonyl (C=O) groups excluding carboxylic acids is 1. The van der Waals surface area contributed by atoms with Crippen molar-refractivity contribution < 1.29 is 9.90 Å². The van der Waals surface area contributed by atoms with E-state index in [1.54, 1.807) is 24.3 Å². The summed E-state index contributed by atoms with van der Waals surface area (Å²) < 4.78 is 0. The summed E-state index contributed by atoms with van der Waals surface area (Å²) in [5.41, 5.74) is 0.0647. The van der Waals surface area contributed by atoms with E-state index in [0.717, 1.165) is 12.8 Å². The lowest BCUT2D eigenvalue weighted by Gasteiger charge is -2.14. The number of carbonyl (C=O) groups is 1. The van der Waals surface area contributed by atoms with Crippen LogP contribution in [-0.4, -0.2) is 23.2 Å². The van der Waals surface area contributed by atoms with E-state index < -0.39 is 5.54 Å². The number of aliphatic hydroxyl groups is 1. The Morgan fingerprint density at radius 2 is 2.13 bits per heavy atom. The summed E-state index contributed by atoms with van der Waals surface area (Å²) >= 11 is 5.89. The van der Waals surface area contributed by atoms with E-state index in [0.29, 0.717) is 10.6 Å². The third-order valence-corrected chi connectivity index (χ3v) is 2.98. The molecule has 1 aromatic rings. The van der Waals surface area contributed by atoms with Gasteiger partial charge >= 0.3 is 0 Å². The van der Waals surface area contributed by atoms with Crippen LogP contribution in [0.1, 0.15) is 23.2 Å². The predicted molar refractivity (Wildman–Crippen MR) is 58.0 cm³/mol. The van der Waals surface area contributed by atoms with E-state index in [2.05, 4.69) is 5.32 Å². The second-order valence-corrected chi connectivity index (χ2v) is 4.28. The van der Waals surface area contributed by atoms with Gasteiger partial charge in [-0.1, -0.05) is 23.7 Å². The normalized spacial score (nSPS) is 17.2. The summed E-state index contributed by atoms with van der Waals surface area (Å²) in [6.45, 7) is -0.0107. The highest BCUT2D eigenvalue weighted by atomic mass is 35.5. The molecule has 2 rings (SSSR count). The molecular weight excluding hydrogens is 214 g/mol. The highest BCUT2D eigenvalue weighted by Crippen LogP contribution is 2.35. The zero-order chi connectivity index (χ0) is 10.9. The molecule has 0 bridgehead atoms. The second kappa shape index (κ2) is 3.83. The van der Waals surface area contributed by atoms with Gasteiger partial charge in [0.1, 0.15) is 0 Å². The third-order valence-electron chi connectivity index (χ3n) is 2.65. The molecule has 3 nitrogen and oxygen atoms in total. The van der Waals surface area contributed by atoms with E-state index >= 15 is 0 Å². The van der Waals surface area contributed by atoms with E-state index in [-0.39, 0.29) is 12.5 Å². The highest BCUT2D eigenvalue weighted by Gasteiger charge is 2.43. The first-order valence-electron chi connectivity index (χ1n) is 4.85. The fourth-order valence-electron chi connectivity index (χ4n) is 1.43. The van der Waals surface area contributed by atoms with Crippen LogP contribution in [0.2, 0.25) is 5.02 Å². The minimum atomic E-state index is -0.393. The summed E-state index contributed by atoms with van der Waals surface area (Å²) in [6.07, 6.45) is 1.67. The fourth-order valence-corrected chi connectivity index (χ4v) is 1.65. The lowest BCUT2D eigenvalue weighted by atomic mass is 10.2. The molecule has 0 unspecified atom stereocenters. The number of aliphatic hydroxyl groups excluding tert-OH is 1. The standard InChI is InChI=1S/C11H12ClNO2/c12-9-4-2-1-3-8(9)10(15)13-11(7-14)5-6-11/h1-4,14H,5-7H2,(H,13,15). The summed E-state index contributed by atoms with van der Waals surface area (Å²) in [4.78, 5) is 11.8. The molecule has 0 aliphatic heterocycles. The molecule has 1 aliphatic carbocycles. The van der Waals surface area contributed by atoms with E-state index in [4.69, 9.17) is 16.7 Å². The molecule has 0 atom stereocenters. The van der Waals surface area contributed by atoms with Crippen LogP contribution in [0.25, 0.3) is 0 Å². The SMILES string of the molecule is O=C(NC1(CO)CC1)c1ccccc1Cl. The molecule has 1 aliphatic rings. The summed E-state index contributed by atoms with van der Waals surface area (Å²) in [5, 5.41) is 12.3. The van der Waals surface area contributed by atoms with E-state index in [1.165, 1.54) is 0 Å². The van der Waals surface area contributed by atoms with Gasteiger partial charge in [-0.05, 0) is 25.0 Å². The van der Waals surface area contributed by atoms with Gasteiger partial charge in [0.15, 0.2) is 0 Å². The first kappa shape index (κ1) is 10.5. The monoisotopic (exact) mass is 225 g/mol. The molecule has 0 heterocycles. The van der Waals surface area contributed by atoms with Crippen LogP contribution in [0.4, 0.5) is 0 Å². The van der Waals surface area contributed by atoms with Gasteiger partial charge < -0.3 is 10.4 Å². The average molecular weight is 226 g/mol. The van der Waals surface area contributed by atoms with Gasteiger partial charge in [-0.25, -0.2) is 0 Å². The minimum Gasteiger partial charge on any atom is -0.394 e. The van der Waals surface area contributed by atoms with E-state index in [1.807, 2.05) is 0 Å². The minimum absolute atomic E-state index is 0.0107. The van der Waals surface area contributed by atoms with Gasteiger partial charge in [-0.2, -0.15) is 0 Å². The zero-order valence-corrected chi connectivity index (χ0v) is 8.92. The number of nitrogens with one attached hydrogen (secondary N) is 1. The van der Waals surface area contributed by atoms with Crippen LogP contribution in [-0.2, 0) is 0 Å². The molecule has 0 radical (unpaired) electrons. The van der Waals surface area contributed by atoms with Gasteiger partial charge in [0, 0.05) is 0 Å². The third kappa shape index (κ3) is 2.13. The topological polar surface area (TPSA) is 49.3 Å². The Balaban J connectivity index is 2.12. The average Bonchev–Trinajstić information content (AvgIpc) is 2.99. The quantitative estimate of drug-likeness (QED) is 0.821. The number of rotatable bonds is 3. The number of hydrogen-bond acceptors (Lipinski definition) is 2. The first-order chi connectivity index (χ1) is 7.17. The maximum Gasteiger partial charge on any atom is 0.253 e. The molecule has 80 valence electrons. The largest absolute Gasteiger partial charge is 0.394 e. The van der Waals surface area contributed by atoms with Crippen LogP contribution in [0.5, 0.6) is 0 Å². The Kier molecular flexibility index (Phi) is 2.67. The fraction of sp³-hybridized carbons (Fsp3) is 0.364. The van der Waals surface area contributed by atoms with E-state index in [9.17, 15) is 4.79 Å². The highest BCUT2D eigenvalue weighted by molar-refractivity contribution is 6.33. The molecule has 15 heavy (non-hydrogen) atoms. The summed E-state index contributed by atoms with van der Waals surface area (Å²) in [6, 6.07) is 6.89. The van der Waals surface area contributed by atoms with Crippen LogP contribution in [0.15, 0.2) is 24.3 Å². The number of amides is 1. The molecule has 1 fully saturated rings. The lowest BCUT2D eigenvalue weighted by Crippen LogP contribution is -2.39. The zero-order valence-electron chi connectivity index (χ0n) is 8.16. The Bertz CT molecular complexity index is 388. The van der Waals surface area contributed by atoms with Crippen molar-refractivity contribution in [3.8, 4) is 0 Å². The summed E-state index contributed by atoms with van der Waals surface area (Å²) in [5.74, 6) is -0.216. The lowest BCUT2D eigenvalue weighted by molar-refractivity contribution is 0.0907. The van der Waals surface area contributed by atoms with Crippen molar-refractivity contribution in [2.45, 2.75) is 18.4 Å². The second-order valence-electron chi connectivity index (χ2n) is 3.87. The maximum absolute atomic E-state index is 11.8. The summed E-state index contributed by atoms with van der Waals surface area (Å²) in [7, 11) is 0. The van der Waals surface area contributed by atoms with Crippen LogP contribution in [0.3, 0.4) is 0 Å². The molecule has 0 saturated heterocycles. The molecule has 0 spiro atoms. The molecule has 1 amide bonds. The van der Waals surface area contributed by atoms with Gasteiger partial charge in [0.05, 0.1) is 22.7 Å². The molecule has 2 N–H and O–H groups in total. The maximum atomic E-state index is 11.8. The molecule has 0 aromatic heterocycles. The predicted octanol–water partition coefficient (Wildman–Crippen LogP) is 1.59. The van der Waals surface area contributed by atoms with Gasteiger partial charge in [0.2, 0.25) is 0 Å². The Hall–Kier alpha value is -1.06. The van der Waals surface area contributed by atoms with Crippen LogP contribution >= 0.6 is 11.6 Å². The Morgan fingerprint density at radius 1 is 1.47 bits per heavy atom. The van der Waals surface area contributed by atoms with Gasteiger partial charge in [-0.15, -0.1) is 0 Å². The van der Waals surface area contributed by atoms with Crippen LogP contribution < -0.4 is 5.32 Å². The molecule has 1 saturated carbocycles. The number of hydrogen-bond donors (Lipinski definition) is 2. The number of halogens is 1. The molecular formula is C11H12ClNO2. The van der Waals surface area contributed by atoms with Crippen LogP contribution in [0, 0.1) is 0 Å². The van der Waals surface area contributed by atoms with Crippen molar-refractivity contribution in [2.24, 2.45) is 0 Å².